The van der Waals surface area contributed by atoms with Crippen LogP contribution in [-0.2, 0) is 0 Å². The van der Waals surface area contributed by atoms with Crippen LogP contribution < -0.4 is 5.32 Å². The molecule has 0 saturated heterocycles. The molecule has 0 aromatic rings. The van der Waals surface area contributed by atoms with Crippen LogP contribution in [0.15, 0.2) is 24.4 Å². The summed E-state index contributed by atoms with van der Waals surface area (Å²) in [6.45, 7) is 5.83. The minimum atomic E-state index is 0.792. The van der Waals surface area contributed by atoms with Crippen LogP contribution in [-0.4, -0.2) is 6.04 Å². The van der Waals surface area contributed by atoms with Gasteiger partial charge in [-0.1, -0.05) is 12.2 Å². The molecule has 1 aliphatic carbocycles. The second-order valence-electron chi connectivity index (χ2n) is 3.41. The van der Waals surface area contributed by atoms with Gasteiger partial charge in [0.1, 0.15) is 0 Å². The van der Waals surface area contributed by atoms with Crippen molar-refractivity contribution < 1.29 is 0 Å². The van der Waals surface area contributed by atoms with Crippen molar-refractivity contribution in [3.8, 4) is 0 Å². The molecule has 0 amide bonds. The van der Waals surface area contributed by atoms with Crippen LogP contribution in [0.25, 0.3) is 0 Å². The van der Waals surface area contributed by atoms with E-state index in [2.05, 4.69) is 24.9 Å². The highest BCUT2D eigenvalue weighted by molar-refractivity contribution is 5.02. The molecule has 0 spiro atoms. The van der Waals surface area contributed by atoms with E-state index in [0.29, 0.717) is 0 Å². The predicted octanol–water partition coefficient (Wildman–Crippen LogP) is 3.00. The second-order valence-corrected chi connectivity index (χ2v) is 3.41. The molecule has 1 aliphatic rings. The summed E-state index contributed by atoms with van der Waals surface area (Å²) in [4.78, 5) is 0. The Hall–Kier alpha value is -0.720. The summed E-state index contributed by atoms with van der Waals surface area (Å²) in [5, 5.41) is 3.53. The molecular weight excluding hydrogens is 146 g/mol. The maximum Gasteiger partial charge on any atom is 0.0259 e. The van der Waals surface area contributed by atoms with Gasteiger partial charge >= 0.3 is 0 Å². The fourth-order valence-electron chi connectivity index (χ4n) is 1.23. The van der Waals surface area contributed by atoms with E-state index in [9.17, 15) is 0 Å². The van der Waals surface area contributed by atoms with Crippen molar-refractivity contribution in [1.82, 2.24) is 5.32 Å². The van der Waals surface area contributed by atoms with Gasteiger partial charge in [0.05, 0.1) is 0 Å². The molecule has 0 heterocycles. The highest BCUT2D eigenvalue weighted by Gasteiger charge is 2.20. The Balaban J connectivity index is 2.11. The zero-order valence-corrected chi connectivity index (χ0v) is 7.97. The van der Waals surface area contributed by atoms with Crippen molar-refractivity contribution in [1.29, 1.82) is 0 Å². The average Bonchev–Trinajstić information content (AvgIpc) is 2.87. The minimum Gasteiger partial charge on any atom is -0.386 e. The summed E-state index contributed by atoms with van der Waals surface area (Å²) in [5.74, 6) is 0. The number of unbranched alkanes of at least 4 members (excludes halogenated alkanes) is 1. The van der Waals surface area contributed by atoms with Gasteiger partial charge in [0.25, 0.3) is 0 Å². The highest BCUT2D eigenvalue weighted by atomic mass is 15.0. The van der Waals surface area contributed by atoms with Crippen LogP contribution in [0.3, 0.4) is 0 Å². The van der Waals surface area contributed by atoms with Crippen LogP contribution in [0.1, 0.15) is 39.0 Å². The Bertz CT molecular complexity index is 166. The third kappa shape index (κ3) is 3.61. The molecule has 1 nitrogen and oxygen atoms in total. The van der Waals surface area contributed by atoms with E-state index < -0.39 is 0 Å². The van der Waals surface area contributed by atoms with Crippen LogP contribution in [0.4, 0.5) is 0 Å². The monoisotopic (exact) mass is 165 g/mol. The molecule has 0 aromatic carbocycles. The molecule has 0 unspecified atom stereocenters. The van der Waals surface area contributed by atoms with E-state index in [1.807, 2.05) is 6.08 Å². The molecule has 0 atom stereocenters. The van der Waals surface area contributed by atoms with Crippen LogP contribution >= 0.6 is 0 Å². The number of hydrogen-bond acceptors (Lipinski definition) is 1. The zero-order chi connectivity index (χ0) is 8.81. The van der Waals surface area contributed by atoms with Crippen LogP contribution in [0.2, 0.25) is 0 Å². The van der Waals surface area contributed by atoms with Gasteiger partial charge in [0.15, 0.2) is 0 Å². The Kier molecular flexibility index (Phi) is 3.92. The first-order chi connectivity index (χ1) is 5.86. The van der Waals surface area contributed by atoms with Crippen molar-refractivity contribution in [3.05, 3.63) is 24.4 Å². The number of hydrogen-bond donors (Lipinski definition) is 1. The fourth-order valence-corrected chi connectivity index (χ4v) is 1.23. The van der Waals surface area contributed by atoms with E-state index in [-0.39, 0.29) is 0 Å². The topological polar surface area (TPSA) is 12.0 Å². The highest BCUT2D eigenvalue weighted by Crippen LogP contribution is 2.21. The van der Waals surface area contributed by atoms with Gasteiger partial charge in [-0.3, -0.25) is 0 Å². The lowest BCUT2D eigenvalue weighted by Gasteiger charge is -2.08. The molecule has 1 saturated carbocycles. The molecule has 1 rings (SSSR count). The van der Waals surface area contributed by atoms with Crippen molar-refractivity contribution >= 4 is 0 Å². The smallest absolute Gasteiger partial charge is 0.0259 e. The molecule has 0 bridgehead atoms. The van der Waals surface area contributed by atoms with Crippen molar-refractivity contribution in [2.45, 2.75) is 45.1 Å². The summed E-state index contributed by atoms with van der Waals surface area (Å²) in [6.07, 6.45) is 10.4. The fraction of sp³-hybridized carbons (Fsp3) is 0.636. The lowest BCUT2D eigenvalue weighted by Crippen LogP contribution is -2.15. The summed E-state index contributed by atoms with van der Waals surface area (Å²) in [6, 6.07) is 0.792. The SMILES string of the molecule is C=CCCC/C(=C/C)NC1CC1. The summed E-state index contributed by atoms with van der Waals surface area (Å²) in [7, 11) is 0. The largest absolute Gasteiger partial charge is 0.386 e. The predicted molar refractivity (Wildman–Crippen MR) is 54.0 cm³/mol. The first-order valence-electron chi connectivity index (χ1n) is 4.89. The molecule has 68 valence electrons. The number of nitrogens with one attached hydrogen (secondary N) is 1. The summed E-state index contributed by atoms with van der Waals surface area (Å²) < 4.78 is 0. The first kappa shape index (κ1) is 9.37. The number of rotatable bonds is 6. The zero-order valence-electron chi connectivity index (χ0n) is 7.97. The molecule has 0 radical (unpaired) electrons. The average molecular weight is 165 g/mol. The quantitative estimate of drug-likeness (QED) is 0.471. The maximum atomic E-state index is 3.72. The lowest BCUT2D eigenvalue weighted by molar-refractivity contribution is 0.711. The van der Waals surface area contributed by atoms with Crippen molar-refractivity contribution in [2.24, 2.45) is 0 Å². The minimum absolute atomic E-state index is 0.792. The van der Waals surface area contributed by atoms with E-state index in [0.717, 1.165) is 12.5 Å². The molecule has 1 heteroatoms. The van der Waals surface area contributed by atoms with Crippen molar-refractivity contribution in [3.63, 3.8) is 0 Å². The lowest BCUT2D eigenvalue weighted by atomic mass is 10.2. The maximum absolute atomic E-state index is 3.72. The standard InChI is InChI=1S/C11H19N/c1-3-5-6-7-10(4-2)12-11-8-9-11/h3-4,11-12H,1,5-9H2,2H3/b10-4-. The first-order valence-corrected chi connectivity index (χ1v) is 4.89. The number of allylic oxidation sites excluding steroid dienone is 3. The third-order valence-electron chi connectivity index (χ3n) is 2.17. The Morgan fingerprint density at radius 1 is 1.58 bits per heavy atom. The summed E-state index contributed by atoms with van der Waals surface area (Å²) in [5.41, 5.74) is 1.42. The molecule has 0 aliphatic heterocycles. The molecule has 1 fully saturated rings. The van der Waals surface area contributed by atoms with Crippen LogP contribution in [0, 0.1) is 0 Å². The van der Waals surface area contributed by atoms with Gasteiger partial charge in [0, 0.05) is 11.7 Å². The van der Waals surface area contributed by atoms with Gasteiger partial charge < -0.3 is 5.32 Å². The van der Waals surface area contributed by atoms with E-state index in [1.165, 1.54) is 31.4 Å². The molecule has 1 N–H and O–H groups in total. The van der Waals surface area contributed by atoms with Crippen LogP contribution in [0.5, 0.6) is 0 Å². The summed E-state index contributed by atoms with van der Waals surface area (Å²) >= 11 is 0. The Labute approximate surface area is 75.6 Å². The van der Waals surface area contributed by atoms with Gasteiger partial charge in [0.2, 0.25) is 0 Å². The normalized spacial score (nSPS) is 17.6. The van der Waals surface area contributed by atoms with E-state index in [1.54, 1.807) is 0 Å². The van der Waals surface area contributed by atoms with Gasteiger partial charge in [-0.25, -0.2) is 0 Å². The third-order valence-corrected chi connectivity index (χ3v) is 2.17. The van der Waals surface area contributed by atoms with Crippen molar-refractivity contribution in [2.75, 3.05) is 0 Å². The van der Waals surface area contributed by atoms with E-state index in [4.69, 9.17) is 0 Å². The molecular formula is C11H19N. The molecule has 0 aromatic heterocycles. The van der Waals surface area contributed by atoms with E-state index >= 15 is 0 Å². The molecule has 12 heavy (non-hydrogen) atoms. The second kappa shape index (κ2) is 5.02. The van der Waals surface area contributed by atoms with Gasteiger partial charge in [-0.15, -0.1) is 6.58 Å². The van der Waals surface area contributed by atoms with Gasteiger partial charge in [-0.05, 0) is 39.0 Å². The van der Waals surface area contributed by atoms with Gasteiger partial charge in [-0.2, -0.15) is 0 Å². The Morgan fingerprint density at radius 3 is 2.83 bits per heavy atom. The Morgan fingerprint density at radius 2 is 2.33 bits per heavy atom.